The van der Waals surface area contributed by atoms with Gasteiger partial charge in [-0.2, -0.15) is 0 Å². The quantitative estimate of drug-likeness (QED) is 0.626. The second-order valence-corrected chi connectivity index (χ2v) is 7.15. The standard InChI is InChI=1S/C23H26N2O5/c1-4-16(2)24(22(27)15-30-19-8-6-5-7-9-19)20-14-21(26)25(23(20)28)17-10-12-18(29-3)13-11-17/h5-13,16,20H,4,14-15H2,1-3H3. The molecule has 7 nitrogen and oxygen atoms in total. The van der Waals surface area contributed by atoms with Crippen LogP contribution in [-0.2, 0) is 14.4 Å². The van der Waals surface area contributed by atoms with Gasteiger partial charge in [0.1, 0.15) is 17.5 Å². The van der Waals surface area contributed by atoms with Gasteiger partial charge in [0.25, 0.3) is 11.8 Å². The molecule has 1 aliphatic heterocycles. The maximum Gasteiger partial charge on any atom is 0.261 e. The molecule has 2 aromatic rings. The summed E-state index contributed by atoms with van der Waals surface area (Å²) in [5.74, 6) is 0.141. The number of amides is 3. The summed E-state index contributed by atoms with van der Waals surface area (Å²) in [7, 11) is 1.55. The van der Waals surface area contributed by atoms with Crippen LogP contribution in [0.4, 0.5) is 5.69 Å². The van der Waals surface area contributed by atoms with Crippen molar-refractivity contribution in [1.82, 2.24) is 4.90 Å². The Morgan fingerprint density at radius 2 is 1.77 bits per heavy atom. The van der Waals surface area contributed by atoms with Gasteiger partial charge in [-0.1, -0.05) is 25.1 Å². The molecule has 2 unspecified atom stereocenters. The van der Waals surface area contributed by atoms with Gasteiger partial charge >= 0.3 is 0 Å². The molecule has 0 aliphatic carbocycles. The van der Waals surface area contributed by atoms with Crippen LogP contribution in [0.15, 0.2) is 54.6 Å². The third kappa shape index (κ3) is 4.45. The van der Waals surface area contributed by atoms with Gasteiger partial charge < -0.3 is 14.4 Å². The number of nitrogens with zero attached hydrogens (tertiary/aromatic N) is 2. The summed E-state index contributed by atoms with van der Waals surface area (Å²) in [5.41, 5.74) is 0.463. The summed E-state index contributed by atoms with van der Waals surface area (Å²) in [6, 6.07) is 14.6. The van der Waals surface area contributed by atoms with Crippen LogP contribution in [0.5, 0.6) is 11.5 Å². The summed E-state index contributed by atoms with van der Waals surface area (Å²) >= 11 is 0. The fraction of sp³-hybridized carbons (Fsp3) is 0.348. The van der Waals surface area contributed by atoms with Crippen molar-refractivity contribution >= 4 is 23.4 Å². The molecule has 0 N–H and O–H groups in total. The van der Waals surface area contributed by atoms with Gasteiger partial charge in [-0.3, -0.25) is 14.4 Å². The van der Waals surface area contributed by atoms with E-state index in [9.17, 15) is 14.4 Å². The zero-order valence-corrected chi connectivity index (χ0v) is 17.4. The van der Waals surface area contributed by atoms with Crippen LogP contribution in [0.2, 0.25) is 0 Å². The van der Waals surface area contributed by atoms with E-state index in [1.807, 2.05) is 32.0 Å². The van der Waals surface area contributed by atoms with Crippen molar-refractivity contribution in [3.05, 3.63) is 54.6 Å². The number of para-hydroxylation sites is 1. The van der Waals surface area contributed by atoms with Gasteiger partial charge in [-0.25, -0.2) is 4.90 Å². The highest BCUT2D eigenvalue weighted by molar-refractivity contribution is 6.23. The molecule has 158 valence electrons. The van der Waals surface area contributed by atoms with Crippen LogP contribution >= 0.6 is 0 Å². The SMILES string of the molecule is CCC(C)N(C(=O)COc1ccccc1)C1CC(=O)N(c2ccc(OC)cc2)C1=O. The van der Waals surface area contributed by atoms with Crippen LogP contribution in [0.1, 0.15) is 26.7 Å². The molecule has 0 radical (unpaired) electrons. The molecule has 1 saturated heterocycles. The Bertz CT molecular complexity index is 898. The van der Waals surface area contributed by atoms with E-state index >= 15 is 0 Å². The lowest BCUT2D eigenvalue weighted by Crippen LogP contribution is -2.51. The van der Waals surface area contributed by atoms with Gasteiger partial charge in [0.05, 0.1) is 19.2 Å². The number of anilines is 1. The fourth-order valence-electron chi connectivity index (χ4n) is 3.50. The number of hydrogen-bond acceptors (Lipinski definition) is 5. The molecule has 0 saturated carbocycles. The van der Waals surface area contributed by atoms with Crippen LogP contribution in [0, 0.1) is 0 Å². The maximum absolute atomic E-state index is 13.2. The van der Waals surface area contributed by atoms with Crippen LogP contribution < -0.4 is 14.4 Å². The van der Waals surface area contributed by atoms with Crippen LogP contribution in [0.25, 0.3) is 0 Å². The zero-order valence-electron chi connectivity index (χ0n) is 17.4. The molecule has 7 heteroatoms. The lowest BCUT2D eigenvalue weighted by molar-refractivity contribution is -0.142. The number of carbonyl (C=O) groups is 3. The van der Waals surface area contributed by atoms with E-state index in [0.29, 0.717) is 23.6 Å². The largest absolute Gasteiger partial charge is 0.497 e. The van der Waals surface area contributed by atoms with Gasteiger partial charge in [-0.05, 0) is 49.7 Å². The van der Waals surface area contributed by atoms with Crippen LogP contribution in [-0.4, -0.2) is 48.4 Å². The molecule has 1 fully saturated rings. The molecule has 30 heavy (non-hydrogen) atoms. The lowest BCUT2D eigenvalue weighted by atomic mass is 10.1. The van der Waals surface area contributed by atoms with E-state index in [1.165, 1.54) is 4.90 Å². The number of benzene rings is 2. The Morgan fingerprint density at radius 1 is 1.10 bits per heavy atom. The number of methoxy groups -OCH3 is 1. The number of ether oxygens (including phenoxy) is 2. The normalized spacial score (nSPS) is 17.0. The lowest BCUT2D eigenvalue weighted by Gasteiger charge is -2.32. The summed E-state index contributed by atoms with van der Waals surface area (Å²) in [5, 5.41) is 0. The summed E-state index contributed by atoms with van der Waals surface area (Å²) < 4.78 is 10.7. The van der Waals surface area contributed by atoms with E-state index < -0.39 is 11.9 Å². The number of imide groups is 1. The number of rotatable bonds is 8. The molecule has 0 bridgehead atoms. The van der Waals surface area contributed by atoms with E-state index in [-0.39, 0.29) is 30.9 Å². The number of hydrogen-bond donors (Lipinski definition) is 0. The van der Waals surface area contributed by atoms with Gasteiger partial charge in [-0.15, -0.1) is 0 Å². The van der Waals surface area contributed by atoms with E-state index in [4.69, 9.17) is 9.47 Å². The Balaban J connectivity index is 1.78. The third-order valence-corrected chi connectivity index (χ3v) is 5.25. The van der Waals surface area contributed by atoms with E-state index in [2.05, 4.69) is 0 Å². The van der Waals surface area contributed by atoms with Crippen molar-refractivity contribution in [1.29, 1.82) is 0 Å². The smallest absolute Gasteiger partial charge is 0.261 e. The number of carbonyl (C=O) groups excluding carboxylic acids is 3. The Labute approximate surface area is 176 Å². The third-order valence-electron chi connectivity index (χ3n) is 5.25. The molecule has 3 amide bonds. The monoisotopic (exact) mass is 410 g/mol. The Morgan fingerprint density at radius 3 is 2.37 bits per heavy atom. The minimum atomic E-state index is -0.846. The minimum Gasteiger partial charge on any atom is -0.497 e. The first-order chi connectivity index (χ1) is 14.5. The van der Waals surface area contributed by atoms with Gasteiger partial charge in [0.15, 0.2) is 6.61 Å². The van der Waals surface area contributed by atoms with Gasteiger partial charge in [0.2, 0.25) is 5.91 Å². The molecule has 1 heterocycles. The predicted molar refractivity (Wildman–Crippen MR) is 112 cm³/mol. The highest BCUT2D eigenvalue weighted by atomic mass is 16.5. The predicted octanol–water partition coefficient (Wildman–Crippen LogP) is 3.03. The van der Waals surface area contributed by atoms with E-state index in [1.54, 1.807) is 43.5 Å². The summed E-state index contributed by atoms with van der Waals surface area (Å²) in [4.78, 5) is 41.4. The molecule has 0 spiro atoms. The van der Waals surface area contributed by atoms with Crippen molar-refractivity contribution in [2.45, 2.75) is 38.8 Å². The molecular formula is C23H26N2O5. The van der Waals surface area contributed by atoms with Crippen LogP contribution in [0.3, 0.4) is 0 Å². The minimum absolute atomic E-state index is 0.0493. The highest BCUT2D eigenvalue weighted by Crippen LogP contribution is 2.29. The van der Waals surface area contributed by atoms with Crippen molar-refractivity contribution < 1.29 is 23.9 Å². The highest BCUT2D eigenvalue weighted by Gasteiger charge is 2.45. The van der Waals surface area contributed by atoms with Crippen molar-refractivity contribution in [2.75, 3.05) is 18.6 Å². The van der Waals surface area contributed by atoms with Crippen molar-refractivity contribution in [3.63, 3.8) is 0 Å². The van der Waals surface area contributed by atoms with Crippen molar-refractivity contribution in [2.24, 2.45) is 0 Å². The zero-order chi connectivity index (χ0) is 21.7. The second-order valence-electron chi connectivity index (χ2n) is 7.15. The van der Waals surface area contributed by atoms with E-state index in [0.717, 1.165) is 4.90 Å². The molecular weight excluding hydrogens is 384 g/mol. The summed E-state index contributed by atoms with van der Waals surface area (Å²) in [6.45, 7) is 3.61. The topological polar surface area (TPSA) is 76.2 Å². The first kappa shape index (κ1) is 21.4. The molecule has 3 rings (SSSR count). The summed E-state index contributed by atoms with van der Waals surface area (Å²) in [6.07, 6.45) is 0.601. The second kappa shape index (κ2) is 9.43. The average Bonchev–Trinajstić information content (AvgIpc) is 3.06. The first-order valence-electron chi connectivity index (χ1n) is 9.96. The molecule has 0 aromatic heterocycles. The average molecular weight is 410 g/mol. The Hall–Kier alpha value is -3.35. The first-order valence-corrected chi connectivity index (χ1v) is 9.96. The van der Waals surface area contributed by atoms with Gasteiger partial charge in [0, 0.05) is 6.04 Å². The Kier molecular flexibility index (Phi) is 6.72. The fourth-order valence-corrected chi connectivity index (χ4v) is 3.50. The molecule has 2 atom stereocenters. The molecule has 1 aliphatic rings. The maximum atomic E-state index is 13.2. The molecule has 2 aromatic carbocycles. The van der Waals surface area contributed by atoms with Crippen molar-refractivity contribution in [3.8, 4) is 11.5 Å².